The van der Waals surface area contributed by atoms with Gasteiger partial charge in [0, 0.05) is 12.6 Å². The lowest BCUT2D eigenvalue weighted by Gasteiger charge is -2.38. The predicted octanol–water partition coefficient (Wildman–Crippen LogP) is 1.98. The molecule has 0 aliphatic carbocycles. The zero-order valence-electron chi connectivity index (χ0n) is 7.59. The van der Waals surface area contributed by atoms with Gasteiger partial charge < -0.3 is 4.90 Å². The van der Waals surface area contributed by atoms with Crippen LogP contribution in [0.5, 0.6) is 0 Å². The van der Waals surface area contributed by atoms with Crippen molar-refractivity contribution in [2.24, 2.45) is 11.8 Å². The maximum atomic E-state index is 2.46. The van der Waals surface area contributed by atoms with E-state index in [1.165, 1.54) is 13.0 Å². The number of hydrogen-bond acceptors (Lipinski definition) is 1. The zero-order chi connectivity index (χ0) is 7.72. The van der Waals surface area contributed by atoms with Crippen LogP contribution in [0.25, 0.3) is 0 Å². The van der Waals surface area contributed by atoms with Crippen molar-refractivity contribution >= 4 is 0 Å². The standard InChI is InChI=1S/C9H19N/c1-7-5-9(3)10(4)6-8(7)2/h7-9H,5-6H2,1-4H3/t7?,8-,9-/m1/s1. The molecule has 1 heterocycles. The van der Waals surface area contributed by atoms with Gasteiger partial charge in [-0.2, -0.15) is 0 Å². The van der Waals surface area contributed by atoms with Crippen LogP contribution in [-0.2, 0) is 0 Å². The Morgan fingerprint density at radius 1 is 1.10 bits per heavy atom. The molecule has 0 bridgehead atoms. The lowest BCUT2D eigenvalue weighted by Crippen LogP contribution is -2.41. The number of nitrogens with zero attached hydrogens (tertiary/aromatic N) is 1. The second-order valence-electron chi connectivity index (χ2n) is 3.98. The third-order valence-electron chi connectivity index (χ3n) is 3.01. The highest BCUT2D eigenvalue weighted by Gasteiger charge is 2.25. The molecule has 0 aromatic heterocycles. The third kappa shape index (κ3) is 1.51. The number of hydrogen-bond donors (Lipinski definition) is 0. The highest BCUT2D eigenvalue weighted by molar-refractivity contribution is 4.78. The molecule has 0 saturated carbocycles. The van der Waals surface area contributed by atoms with Crippen LogP contribution in [0.3, 0.4) is 0 Å². The highest BCUT2D eigenvalue weighted by Crippen LogP contribution is 2.25. The van der Waals surface area contributed by atoms with E-state index in [4.69, 9.17) is 0 Å². The van der Waals surface area contributed by atoms with Crippen molar-refractivity contribution in [3.05, 3.63) is 0 Å². The highest BCUT2D eigenvalue weighted by atomic mass is 15.1. The number of piperidine rings is 1. The summed E-state index contributed by atoms with van der Waals surface area (Å²) >= 11 is 0. The second kappa shape index (κ2) is 2.91. The fourth-order valence-electron chi connectivity index (χ4n) is 1.76. The number of likely N-dealkylation sites (tertiary alicyclic amines) is 1. The topological polar surface area (TPSA) is 3.24 Å². The first-order chi connectivity index (χ1) is 4.61. The molecule has 60 valence electrons. The molecule has 1 fully saturated rings. The lowest BCUT2D eigenvalue weighted by atomic mass is 9.85. The minimum absolute atomic E-state index is 0.797. The predicted molar refractivity (Wildman–Crippen MR) is 45.0 cm³/mol. The SMILES string of the molecule is CC1C[C@@H](C)N(C)C[C@H]1C. The van der Waals surface area contributed by atoms with Gasteiger partial charge in [-0.3, -0.25) is 0 Å². The van der Waals surface area contributed by atoms with Crippen molar-refractivity contribution in [2.45, 2.75) is 33.2 Å². The van der Waals surface area contributed by atoms with Crippen LogP contribution in [-0.4, -0.2) is 24.5 Å². The molecule has 1 heteroatoms. The molecule has 0 spiro atoms. The smallest absolute Gasteiger partial charge is 0.00666 e. The minimum atomic E-state index is 0.797. The monoisotopic (exact) mass is 141 g/mol. The molecule has 1 rings (SSSR count). The average Bonchev–Trinajstić information content (AvgIpc) is 1.84. The zero-order valence-corrected chi connectivity index (χ0v) is 7.59. The summed E-state index contributed by atoms with van der Waals surface area (Å²) in [6.07, 6.45) is 1.37. The normalized spacial score (nSPS) is 43.8. The maximum Gasteiger partial charge on any atom is 0.00666 e. The van der Waals surface area contributed by atoms with Crippen LogP contribution in [0, 0.1) is 11.8 Å². The second-order valence-corrected chi connectivity index (χ2v) is 3.98. The van der Waals surface area contributed by atoms with E-state index in [-0.39, 0.29) is 0 Å². The summed E-state index contributed by atoms with van der Waals surface area (Å²) in [4.78, 5) is 2.46. The summed E-state index contributed by atoms with van der Waals surface area (Å²) in [6, 6.07) is 0.797. The fraction of sp³-hybridized carbons (Fsp3) is 1.00. The Morgan fingerprint density at radius 2 is 1.70 bits per heavy atom. The van der Waals surface area contributed by atoms with E-state index in [9.17, 15) is 0 Å². The molecule has 1 saturated heterocycles. The quantitative estimate of drug-likeness (QED) is 0.498. The molecule has 1 aliphatic heterocycles. The molecule has 10 heavy (non-hydrogen) atoms. The van der Waals surface area contributed by atoms with Crippen molar-refractivity contribution < 1.29 is 0 Å². The summed E-state index contributed by atoms with van der Waals surface area (Å²) in [5.41, 5.74) is 0. The summed E-state index contributed by atoms with van der Waals surface area (Å²) in [6.45, 7) is 8.33. The first-order valence-corrected chi connectivity index (χ1v) is 4.31. The molecule has 0 aromatic carbocycles. The summed E-state index contributed by atoms with van der Waals surface area (Å²) < 4.78 is 0. The van der Waals surface area contributed by atoms with E-state index < -0.39 is 0 Å². The molecular formula is C9H19N. The van der Waals surface area contributed by atoms with E-state index in [0.29, 0.717) is 0 Å². The average molecular weight is 141 g/mol. The minimum Gasteiger partial charge on any atom is -0.303 e. The molecule has 1 nitrogen and oxygen atoms in total. The van der Waals surface area contributed by atoms with Crippen LogP contribution < -0.4 is 0 Å². The van der Waals surface area contributed by atoms with Crippen molar-refractivity contribution in [2.75, 3.05) is 13.6 Å². The molecule has 3 atom stereocenters. The van der Waals surface area contributed by atoms with Crippen LogP contribution in [0.15, 0.2) is 0 Å². The van der Waals surface area contributed by atoms with E-state index in [0.717, 1.165) is 17.9 Å². The molecule has 0 amide bonds. The number of rotatable bonds is 0. The van der Waals surface area contributed by atoms with Crippen LogP contribution in [0.2, 0.25) is 0 Å². The van der Waals surface area contributed by atoms with Gasteiger partial charge in [0.2, 0.25) is 0 Å². The Bertz CT molecular complexity index is 85.3. The molecule has 1 aliphatic rings. The molecular weight excluding hydrogens is 122 g/mol. The lowest BCUT2D eigenvalue weighted by molar-refractivity contribution is 0.112. The van der Waals surface area contributed by atoms with Gasteiger partial charge in [-0.25, -0.2) is 0 Å². The fourth-order valence-corrected chi connectivity index (χ4v) is 1.76. The third-order valence-corrected chi connectivity index (χ3v) is 3.01. The van der Waals surface area contributed by atoms with Crippen molar-refractivity contribution in [1.29, 1.82) is 0 Å². The first-order valence-electron chi connectivity index (χ1n) is 4.31. The maximum absolute atomic E-state index is 2.46. The Balaban J connectivity index is 2.46. The van der Waals surface area contributed by atoms with E-state index in [2.05, 4.69) is 32.7 Å². The van der Waals surface area contributed by atoms with Crippen molar-refractivity contribution in [3.8, 4) is 0 Å². The van der Waals surface area contributed by atoms with Gasteiger partial charge in [0.15, 0.2) is 0 Å². The summed E-state index contributed by atoms with van der Waals surface area (Å²) in [5, 5.41) is 0. The Morgan fingerprint density at radius 3 is 2.20 bits per heavy atom. The summed E-state index contributed by atoms with van der Waals surface area (Å²) in [7, 11) is 2.23. The van der Waals surface area contributed by atoms with E-state index >= 15 is 0 Å². The Labute approximate surface area is 64.4 Å². The van der Waals surface area contributed by atoms with Crippen LogP contribution >= 0.6 is 0 Å². The first kappa shape index (κ1) is 8.06. The molecule has 0 N–H and O–H groups in total. The van der Waals surface area contributed by atoms with E-state index in [1.807, 2.05) is 0 Å². The largest absolute Gasteiger partial charge is 0.303 e. The van der Waals surface area contributed by atoms with Gasteiger partial charge in [-0.05, 0) is 32.2 Å². The van der Waals surface area contributed by atoms with Gasteiger partial charge >= 0.3 is 0 Å². The molecule has 0 aromatic rings. The van der Waals surface area contributed by atoms with Crippen LogP contribution in [0.4, 0.5) is 0 Å². The molecule has 0 radical (unpaired) electrons. The van der Waals surface area contributed by atoms with Crippen LogP contribution in [0.1, 0.15) is 27.2 Å². The van der Waals surface area contributed by atoms with Crippen molar-refractivity contribution in [3.63, 3.8) is 0 Å². The van der Waals surface area contributed by atoms with Gasteiger partial charge in [0.05, 0.1) is 0 Å². The van der Waals surface area contributed by atoms with Crippen molar-refractivity contribution in [1.82, 2.24) is 4.90 Å². The summed E-state index contributed by atoms with van der Waals surface area (Å²) in [5.74, 6) is 1.81. The molecule has 1 unspecified atom stereocenters. The Hall–Kier alpha value is -0.0400. The van der Waals surface area contributed by atoms with Gasteiger partial charge in [0.1, 0.15) is 0 Å². The Kier molecular flexibility index (Phi) is 2.35. The van der Waals surface area contributed by atoms with Gasteiger partial charge in [-0.1, -0.05) is 13.8 Å². The van der Waals surface area contributed by atoms with Gasteiger partial charge in [0.25, 0.3) is 0 Å². The van der Waals surface area contributed by atoms with E-state index in [1.54, 1.807) is 0 Å². The van der Waals surface area contributed by atoms with Gasteiger partial charge in [-0.15, -0.1) is 0 Å².